The lowest BCUT2D eigenvalue weighted by Crippen LogP contribution is -2.21. The summed E-state index contributed by atoms with van der Waals surface area (Å²) in [6, 6.07) is 0. The van der Waals surface area contributed by atoms with Crippen LogP contribution in [-0.2, 0) is 4.79 Å². The molecule has 0 aromatic carbocycles. The molecule has 0 aromatic heterocycles. The Balaban J connectivity index is 2.52. The lowest BCUT2D eigenvalue weighted by Gasteiger charge is -2.07. The fraction of sp³-hybridized carbons (Fsp3) is 0.667. The molecule has 1 aliphatic rings. The summed E-state index contributed by atoms with van der Waals surface area (Å²) >= 11 is 0. The molecule has 0 aliphatic carbocycles. The van der Waals surface area contributed by atoms with Crippen molar-refractivity contribution in [1.29, 1.82) is 0 Å². The lowest BCUT2D eigenvalue weighted by atomic mass is 10.4. The topological polar surface area (TPSA) is 58.7 Å². The molecule has 0 aromatic rings. The number of hydrogen-bond acceptors (Lipinski definition) is 3. The van der Waals surface area contributed by atoms with Gasteiger partial charge in [0.05, 0.1) is 6.54 Å². The number of hydrogen-bond donors (Lipinski definition) is 1. The van der Waals surface area contributed by atoms with Crippen LogP contribution in [0.3, 0.4) is 0 Å². The summed E-state index contributed by atoms with van der Waals surface area (Å²) in [4.78, 5) is 10.9. The minimum Gasteiger partial charge on any atom is -0.386 e. The quantitative estimate of drug-likeness (QED) is 0.554. The van der Waals surface area contributed by atoms with Gasteiger partial charge in [0, 0.05) is 12.8 Å². The van der Waals surface area contributed by atoms with Gasteiger partial charge in [-0.05, 0) is 0 Å². The van der Waals surface area contributed by atoms with Gasteiger partial charge in [0.15, 0.2) is 0 Å². The standard InChI is InChI=1S/C6H11N3O/c1-2-6(10)9-4-3-5(7)8-9/h2-4H2,1H3,(H2,7,8). The van der Waals surface area contributed by atoms with E-state index in [1.54, 1.807) is 0 Å². The second-order valence-electron chi connectivity index (χ2n) is 2.21. The van der Waals surface area contributed by atoms with E-state index in [1.807, 2.05) is 6.92 Å². The molecule has 1 rings (SSSR count). The molecule has 56 valence electrons. The molecule has 4 nitrogen and oxygen atoms in total. The van der Waals surface area contributed by atoms with Crippen LogP contribution in [0.15, 0.2) is 5.10 Å². The fourth-order valence-electron chi connectivity index (χ4n) is 0.838. The third-order valence-corrected chi connectivity index (χ3v) is 1.42. The zero-order chi connectivity index (χ0) is 7.56. The van der Waals surface area contributed by atoms with Crippen molar-refractivity contribution in [3.05, 3.63) is 0 Å². The summed E-state index contributed by atoms with van der Waals surface area (Å²) in [5.41, 5.74) is 5.37. The molecule has 1 heterocycles. The number of carbonyl (C=O) groups is 1. The summed E-state index contributed by atoms with van der Waals surface area (Å²) in [6.45, 7) is 2.46. The second kappa shape index (κ2) is 2.68. The Kier molecular flexibility index (Phi) is 1.89. The predicted octanol–water partition coefficient (Wildman–Crippen LogP) is -0.0991. The number of nitrogens with two attached hydrogens (primary N) is 1. The first-order chi connectivity index (χ1) is 4.74. The van der Waals surface area contributed by atoms with Crippen molar-refractivity contribution in [2.24, 2.45) is 10.8 Å². The van der Waals surface area contributed by atoms with Gasteiger partial charge in [0.2, 0.25) is 5.91 Å². The van der Waals surface area contributed by atoms with Crippen LogP contribution in [0.2, 0.25) is 0 Å². The molecule has 0 spiro atoms. The number of nitrogens with zero attached hydrogens (tertiary/aromatic N) is 2. The first-order valence-corrected chi connectivity index (χ1v) is 3.37. The molecule has 0 saturated carbocycles. The average molecular weight is 141 g/mol. The molecule has 4 heteroatoms. The molecule has 0 unspecified atom stereocenters. The predicted molar refractivity (Wildman–Crippen MR) is 38.2 cm³/mol. The largest absolute Gasteiger partial charge is 0.386 e. The van der Waals surface area contributed by atoms with Gasteiger partial charge in [-0.3, -0.25) is 4.79 Å². The van der Waals surface area contributed by atoms with Crippen molar-refractivity contribution < 1.29 is 4.79 Å². The monoisotopic (exact) mass is 141 g/mol. The van der Waals surface area contributed by atoms with E-state index < -0.39 is 0 Å². The molecule has 10 heavy (non-hydrogen) atoms. The highest BCUT2D eigenvalue weighted by Gasteiger charge is 2.16. The van der Waals surface area contributed by atoms with Crippen LogP contribution in [0.1, 0.15) is 19.8 Å². The van der Waals surface area contributed by atoms with Crippen molar-refractivity contribution in [3.8, 4) is 0 Å². The van der Waals surface area contributed by atoms with E-state index in [9.17, 15) is 4.79 Å². The van der Waals surface area contributed by atoms with E-state index in [0.717, 1.165) is 0 Å². The maximum absolute atomic E-state index is 10.9. The minimum absolute atomic E-state index is 0.0421. The number of rotatable bonds is 1. The van der Waals surface area contributed by atoms with Gasteiger partial charge in [0.25, 0.3) is 0 Å². The average Bonchev–Trinajstić information content (AvgIpc) is 2.34. The van der Waals surface area contributed by atoms with Crippen LogP contribution in [0.25, 0.3) is 0 Å². The molecule has 0 radical (unpaired) electrons. The van der Waals surface area contributed by atoms with Gasteiger partial charge in [-0.1, -0.05) is 6.92 Å². The summed E-state index contributed by atoms with van der Waals surface area (Å²) in [5, 5.41) is 5.26. The molecular formula is C6H11N3O. The Labute approximate surface area is 59.7 Å². The van der Waals surface area contributed by atoms with E-state index in [4.69, 9.17) is 5.73 Å². The zero-order valence-corrected chi connectivity index (χ0v) is 6.00. The van der Waals surface area contributed by atoms with Crippen molar-refractivity contribution >= 4 is 11.7 Å². The Morgan fingerprint density at radius 3 is 3.00 bits per heavy atom. The van der Waals surface area contributed by atoms with Crippen molar-refractivity contribution in [2.75, 3.05) is 6.54 Å². The van der Waals surface area contributed by atoms with Gasteiger partial charge >= 0.3 is 0 Å². The van der Waals surface area contributed by atoms with E-state index in [2.05, 4.69) is 5.10 Å². The number of amidine groups is 1. The number of hydrazone groups is 1. The Hall–Kier alpha value is -1.06. The van der Waals surface area contributed by atoms with E-state index >= 15 is 0 Å². The Morgan fingerprint density at radius 2 is 2.60 bits per heavy atom. The first kappa shape index (κ1) is 7.05. The van der Waals surface area contributed by atoms with Crippen molar-refractivity contribution in [1.82, 2.24) is 5.01 Å². The molecule has 0 atom stereocenters. The highest BCUT2D eigenvalue weighted by molar-refractivity contribution is 5.86. The van der Waals surface area contributed by atoms with E-state index in [0.29, 0.717) is 25.2 Å². The van der Waals surface area contributed by atoms with E-state index in [-0.39, 0.29) is 5.91 Å². The van der Waals surface area contributed by atoms with Gasteiger partial charge in [0.1, 0.15) is 5.84 Å². The second-order valence-corrected chi connectivity index (χ2v) is 2.21. The summed E-state index contributed by atoms with van der Waals surface area (Å²) in [6.07, 6.45) is 1.21. The normalized spacial score (nSPS) is 17.3. The van der Waals surface area contributed by atoms with Crippen LogP contribution in [0.5, 0.6) is 0 Å². The van der Waals surface area contributed by atoms with E-state index in [1.165, 1.54) is 5.01 Å². The highest BCUT2D eigenvalue weighted by atomic mass is 16.2. The maximum atomic E-state index is 10.9. The zero-order valence-electron chi connectivity index (χ0n) is 6.00. The van der Waals surface area contributed by atoms with Crippen LogP contribution >= 0.6 is 0 Å². The van der Waals surface area contributed by atoms with Gasteiger partial charge in [-0.2, -0.15) is 5.10 Å². The first-order valence-electron chi connectivity index (χ1n) is 3.37. The highest BCUT2D eigenvalue weighted by Crippen LogP contribution is 2.04. The van der Waals surface area contributed by atoms with Crippen LogP contribution in [0, 0.1) is 0 Å². The number of amides is 1. The summed E-state index contributed by atoms with van der Waals surface area (Å²) < 4.78 is 0. The molecule has 1 aliphatic heterocycles. The third-order valence-electron chi connectivity index (χ3n) is 1.42. The molecular weight excluding hydrogens is 130 g/mol. The molecule has 0 bridgehead atoms. The molecule has 1 amide bonds. The van der Waals surface area contributed by atoms with Crippen molar-refractivity contribution in [3.63, 3.8) is 0 Å². The van der Waals surface area contributed by atoms with Crippen LogP contribution in [0.4, 0.5) is 0 Å². The van der Waals surface area contributed by atoms with Gasteiger partial charge in [-0.15, -0.1) is 0 Å². The lowest BCUT2D eigenvalue weighted by molar-refractivity contribution is -0.130. The Bertz CT molecular complexity index is 176. The van der Waals surface area contributed by atoms with Gasteiger partial charge in [-0.25, -0.2) is 5.01 Å². The van der Waals surface area contributed by atoms with Crippen LogP contribution < -0.4 is 5.73 Å². The summed E-state index contributed by atoms with van der Waals surface area (Å²) in [7, 11) is 0. The SMILES string of the molecule is CCC(=O)N1CCC(N)=N1. The summed E-state index contributed by atoms with van der Waals surface area (Å²) in [5.74, 6) is 0.599. The Morgan fingerprint density at radius 1 is 1.90 bits per heavy atom. The van der Waals surface area contributed by atoms with Crippen LogP contribution in [-0.4, -0.2) is 23.3 Å². The fourth-order valence-corrected chi connectivity index (χ4v) is 0.838. The number of carbonyl (C=O) groups excluding carboxylic acids is 1. The molecule has 2 N–H and O–H groups in total. The third kappa shape index (κ3) is 1.26. The van der Waals surface area contributed by atoms with Gasteiger partial charge < -0.3 is 5.73 Å². The maximum Gasteiger partial charge on any atom is 0.242 e. The molecule has 0 saturated heterocycles. The smallest absolute Gasteiger partial charge is 0.242 e. The van der Waals surface area contributed by atoms with Crippen molar-refractivity contribution in [2.45, 2.75) is 19.8 Å². The molecule has 0 fully saturated rings. The minimum atomic E-state index is 0.0421.